The maximum Gasteiger partial charge on any atom is 0.264 e. The molecule has 0 saturated heterocycles. The summed E-state index contributed by atoms with van der Waals surface area (Å²) in [7, 11) is 1.61. The zero-order valence-electron chi connectivity index (χ0n) is 15.9. The standard InChI is InChI=1S/C21H23N3O3S/c1-27-11-10-24(21(26)18-12-14-6-2-5-9-17(14)28-18)13-19-22-16-8-4-3-7-15(16)20(25)23-19/h3-4,7-8,12H,2,5-6,9-11,13H2,1H3,(H,22,23,25). The minimum absolute atomic E-state index is 0.0349. The quantitative estimate of drug-likeness (QED) is 0.693. The molecule has 0 radical (unpaired) electrons. The van der Waals surface area contributed by atoms with Gasteiger partial charge in [-0.25, -0.2) is 4.98 Å². The van der Waals surface area contributed by atoms with Crippen molar-refractivity contribution in [3.05, 3.63) is 61.8 Å². The van der Waals surface area contributed by atoms with Crippen LogP contribution in [-0.4, -0.2) is 41.0 Å². The molecular weight excluding hydrogens is 374 g/mol. The van der Waals surface area contributed by atoms with Crippen LogP contribution in [0.3, 0.4) is 0 Å². The van der Waals surface area contributed by atoms with Gasteiger partial charge in [0, 0.05) is 18.5 Å². The summed E-state index contributed by atoms with van der Waals surface area (Å²) in [5.41, 5.74) is 1.75. The highest BCUT2D eigenvalue weighted by molar-refractivity contribution is 7.14. The Morgan fingerprint density at radius 3 is 2.93 bits per heavy atom. The fourth-order valence-electron chi connectivity index (χ4n) is 3.60. The van der Waals surface area contributed by atoms with Crippen LogP contribution in [0, 0.1) is 0 Å². The van der Waals surface area contributed by atoms with Crippen LogP contribution in [0.5, 0.6) is 0 Å². The monoisotopic (exact) mass is 397 g/mol. The van der Waals surface area contributed by atoms with Gasteiger partial charge in [-0.15, -0.1) is 11.3 Å². The summed E-state index contributed by atoms with van der Waals surface area (Å²) in [4.78, 5) is 36.7. The molecule has 0 aliphatic heterocycles. The van der Waals surface area contributed by atoms with Crippen molar-refractivity contribution in [2.75, 3.05) is 20.3 Å². The third kappa shape index (κ3) is 3.86. The van der Waals surface area contributed by atoms with Gasteiger partial charge in [0.1, 0.15) is 5.82 Å². The van der Waals surface area contributed by atoms with E-state index in [1.807, 2.05) is 24.3 Å². The summed E-state index contributed by atoms with van der Waals surface area (Å²) in [5.74, 6) is 0.446. The van der Waals surface area contributed by atoms with Crippen molar-refractivity contribution in [2.24, 2.45) is 0 Å². The molecule has 1 aromatic carbocycles. The lowest BCUT2D eigenvalue weighted by atomic mass is 9.99. The number of para-hydroxylation sites is 1. The molecule has 146 valence electrons. The molecule has 6 nitrogen and oxygen atoms in total. The fourth-order valence-corrected chi connectivity index (χ4v) is 4.82. The number of carbonyl (C=O) groups is 1. The second-order valence-corrected chi connectivity index (χ2v) is 8.15. The van der Waals surface area contributed by atoms with Gasteiger partial charge in [0.15, 0.2) is 0 Å². The number of amides is 1. The SMILES string of the molecule is COCCN(Cc1nc2ccccc2c(=O)[nH]1)C(=O)c1cc2c(s1)CCCC2. The highest BCUT2D eigenvalue weighted by atomic mass is 32.1. The molecule has 4 rings (SSSR count). The van der Waals surface area contributed by atoms with E-state index in [4.69, 9.17) is 4.74 Å². The maximum atomic E-state index is 13.2. The van der Waals surface area contributed by atoms with Crippen LogP contribution in [0.15, 0.2) is 35.1 Å². The average Bonchev–Trinajstić information content (AvgIpc) is 3.15. The molecule has 0 unspecified atom stereocenters. The van der Waals surface area contributed by atoms with E-state index >= 15 is 0 Å². The molecule has 1 amide bonds. The van der Waals surface area contributed by atoms with Crippen molar-refractivity contribution in [3.8, 4) is 0 Å². The predicted octanol–water partition coefficient (Wildman–Crippen LogP) is 3.15. The molecule has 0 bridgehead atoms. The minimum atomic E-state index is -0.189. The van der Waals surface area contributed by atoms with E-state index in [1.165, 1.54) is 23.3 Å². The minimum Gasteiger partial charge on any atom is -0.383 e. The van der Waals surface area contributed by atoms with Crippen LogP contribution in [0.1, 0.15) is 38.8 Å². The molecule has 0 spiro atoms. The Bertz CT molecular complexity index is 1030. The lowest BCUT2D eigenvalue weighted by Gasteiger charge is -2.21. The van der Waals surface area contributed by atoms with E-state index in [9.17, 15) is 9.59 Å². The van der Waals surface area contributed by atoms with Crippen LogP contribution in [0.25, 0.3) is 10.9 Å². The van der Waals surface area contributed by atoms with Crippen LogP contribution in [-0.2, 0) is 24.1 Å². The van der Waals surface area contributed by atoms with Gasteiger partial charge in [0.05, 0.1) is 28.9 Å². The lowest BCUT2D eigenvalue weighted by molar-refractivity contribution is 0.0680. The number of nitrogens with zero attached hydrogens (tertiary/aromatic N) is 2. The van der Waals surface area contributed by atoms with E-state index in [2.05, 4.69) is 9.97 Å². The number of fused-ring (bicyclic) bond motifs is 2. The van der Waals surface area contributed by atoms with Crippen LogP contribution in [0.4, 0.5) is 0 Å². The largest absolute Gasteiger partial charge is 0.383 e. The van der Waals surface area contributed by atoms with Gasteiger partial charge in [-0.2, -0.15) is 0 Å². The first kappa shape index (κ1) is 18.8. The number of H-pyrrole nitrogens is 1. The van der Waals surface area contributed by atoms with E-state index in [0.29, 0.717) is 29.9 Å². The zero-order valence-corrected chi connectivity index (χ0v) is 16.7. The summed E-state index contributed by atoms with van der Waals surface area (Å²) in [6, 6.07) is 9.25. The van der Waals surface area contributed by atoms with Crippen molar-refractivity contribution in [3.63, 3.8) is 0 Å². The van der Waals surface area contributed by atoms with Gasteiger partial charge in [-0.1, -0.05) is 12.1 Å². The number of aromatic nitrogens is 2. The van der Waals surface area contributed by atoms with Gasteiger partial charge in [0.2, 0.25) is 0 Å². The summed E-state index contributed by atoms with van der Waals surface area (Å²) >= 11 is 1.60. The normalized spacial score (nSPS) is 13.5. The Morgan fingerprint density at radius 2 is 2.11 bits per heavy atom. The Labute approximate surface area is 167 Å². The lowest BCUT2D eigenvalue weighted by Crippen LogP contribution is -2.34. The Balaban J connectivity index is 1.61. The number of benzene rings is 1. The first-order chi connectivity index (χ1) is 13.7. The number of aromatic amines is 1. The molecule has 7 heteroatoms. The second kappa shape index (κ2) is 8.24. The van der Waals surface area contributed by atoms with E-state index in [0.717, 1.165) is 17.7 Å². The number of rotatable bonds is 6. The highest BCUT2D eigenvalue weighted by Crippen LogP contribution is 2.30. The number of nitrogens with one attached hydrogen (secondary N) is 1. The van der Waals surface area contributed by atoms with Gasteiger partial charge < -0.3 is 14.6 Å². The molecule has 28 heavy (non-hydrogen) atoms. The number of aryl methyl sites for hydroxylation is 2. The zero-order chi connectivity index (χ0) is 19.5. The molecule has 0 atom stereocenters. The molecule has 0 fully saturated rings. The predicted molar refractivity (Wildman–Crippen MR) is 110 cm³/mol. The number of ether oxygens (including phenoxy) is 1. The topological polar surface area (TPSA) is 75.3 Å². The Morgan fingerprint density at radius 1 is 1.29 bits per heavy atom. The maximum absolute atomic E-state index is 13.2. The van der Waals surface area contributed by atoms with Crippen molar-refractivity contribution in [2.45, 2.75) is 32.2 Å². The van der Waals surface area contributed by atoms with Gasteiger partial charge in [-0.05, 0) is 49.4 Å². The van der Waals surface area contributed by atoms with Crippen LogP contribution >= 0.6 is 11.3 Å². The number of carbonyl (C=O) groups excluding carboxylic acids is 1. The molecule has 0 saturated carbocycles. The van der Waals surface area contributed by atoms with E-state index in [-0.39, 0.29) is 18.0 Å². The summed E-state index contributed by atoms with van der Waals surface area (Å²) < 4.78 is 5.19. The van der Waals surface area contributed by atoms with Crippen LogP contribution < -0.4 is 5.56 Å². The summed E-state index contributed by atoms with van der Waals surface area (Å²) in [6.45, 7) is 1.11. The third-order valence-corrected chi connectivity index (χ3v) is 6.29. The first-order valence-electron chi connectivity index (χ1n) is 9.53. The molecule has 1 aliphatic carbocycles. The molecular formula is C21H23N3O3S. The number of thiophene rings is 1. The van der Waals surface area contributed by atoms with Crippen molar-refractivity contribution in [1.29, 1.82) is 0 Å². The molecule has 1 aliphatic rings. The van der Waals surface area contributed by atoms with E-state index < -0.39 is 0 Å². The Hall–Kier alpha value is -2.51. The molecule has 3 aromatic rings. The van der Waals surface area contributed by atoms with Gasteiger partial charge in [-0.3, -0.25) is 9.59 Å². The third-order valence-electron chi connectivity index (χ3n) is 5.06. The summed E-state index contributed by atoms with van der Waals surface area (Å²) in [5, 5.41) is 0.548. The molecule has 1 N–H and O–H groups in total. The smallest absolute Gasteiger partial charge is 0.264 e. The number of hydrogen-bond acceptors (Lipinski definition) is 5. The summed E-state index contributed by atoms with van der Waals surface area (Å²) in [6.07, 6.45) is 4.49. The van der Waals surface area contributed by atoms with Crippen molar-refractivity contribution >= 4 is 28.1 Å². The molecule has 2 heterocycles. The number of methoxy groups -OCH3 is 1. The fraction of sp³-hybridized carbons (Fsp3) is 0.381. The average molecular weight is 398 g/mol. The first-order valence-corrected chi connectivity index (χ1v) is 10.3. The highest BCUT2D eigenvalue weighted by Gasteiger charge is 2.22. The second-order valence-electron chi connectivity index (χ2n) is 7.02. The number of hydrogen-bond donors (Lipinski definition) is 1. The molecule has 2 aromatic heterocycles. The van der Waals surface area contributed by atoms with Gasteiger partial charge in [0.25, 0.3) is 11.5 Å². The van der Waals surface area contributed by atoms with Gasteiger partial charge >= 0.3 is 0 Å². The Kier molecular flexibility index (Phi) is 5.54. The van der Waals surface area contributed by atoms with Crippen molar-refractivity contribution < 1.29 is 9.53 Å². The van der Waals surface area contributed by atoms with Crippen molar-refractivity contribution in [1.82, 2.24) is 14.9 Å². The van der Waals surface area contributed by atoms with Crippen LogP contribution in [0.2, 0.25) is 0 Å². The van der Waals surface area contributed by atoms with E-state index in [1.54, 1.807) is 29.4 Å².